The average molecular weight is 314 g/mol. The van der Waals surface area contributed by atoms with Crippen molar-refractivity contribution in [3.8, 4) is 0 Å². The number of hydrogen-bond acceptors (Lipinski definition) is 4. The van der Waals surface area contributed by atoms with Crippen molar-refractivity contribution >= 4 is 17.0 Å². The van der Waals surface area contributed by atoms with E-state index in [4.69, 9.17) is 0 Å². The van der Waals surface area contributed by atoms with E-state index >= 15 is 0 Å². The van der Waals surface area contributed by atoms with E-state index in [0.717, 1.165) is 29.4 Å². The van der Waals surface area contributed by atoms with Gasteiger partial charge in [-0.3, -0.25) is 9.69 Å². The molecule has 2 fully saturated rings. The van der Waals surface area contributed by atoms with Gasteiger partial charge in [-0.2, -0.15) is 0 Å². The summed E-state index contributed by atoms with van der Waals surface area (Å²) < 4.78 is 1.76. The largest absolute Gasteiger partial charge is 0.480 e. The van der Waals surface area contributed by atoms with Crippen molar-refractivity contribution in [3.05, 3.63) is 23.8 Å². The van der Waals surface area contributed by atoms with Crippen LogP contribution in [0, 0.1) is 5.92 Å². The Morgan fingerprint density at radius 3 is 3.00 bits per heavy atom. The van der Waals surface area contributed by atoms with Gasteiger partial charge in [-0.1, -0.05) is 24.1 Å². The van der Waals surface area contributed by atoms with Crippen molar-refractivity contribution in [1.82, 2.24) is 19.9 Å². The molecule has 1 aromatic heterocycles. The maximum absolute atomic E-state index is 11.7. The van der Waals surface area contributed by atoms with E-state index in [1.807, 2.05) is 19.2 Å². The van der Waals surface area contributed by atoms with E-state index < -0.39 is 5.97 Å². The lowest BCUT2D eigenvalue weighted by Gasteiger charge is -2.33. The predicted molar refractivity (Wildman–Crippen MR) is 85.8 cm³/mol. The summed E-state index contributed by atoms with van der Waals surface area (Å²) in [5.74, 6) is -0.134. The van der Waals surface area contributed by atoms with Crippen molar-refractivity contribution in [2.24, 2.45) is 13.0 Å². The van der Waals surface area contributed by atoms with E-state index in [9.17, 15) is 9.90 Å². The Labute approximate surface area is 135 Å². The molecule has 1 saturated heterocycles. The highest BCUT2D eigenvalue weighted by atomic mass is 16.4. The second kappa shape index (κ2) is 5.60. The molecule has 1 saturated carbocycles. The molecule has 1 aliphatic carbocycles. The van der Waals surface area contributed by atoms with Crippen LogP contribution < -0.4 is 0 Å². The summed E-state index contributed by atoms with van der Waals surface area (Å²) in [6.45, 7) is 0.685. The van der Waals surface area contributed by atoms with Gasteiger partial charge in [0, 0.05) is 19.6 Å². The monoisotopic (exact) mass is 314 g/mol. The van der Waals surface area contributed by atoms with E-state index in [2.05, 4.69) is 21.3 Å². The average Bonchev–Trinajstić information content (AvgIpc) is 3.09. The molecule has 1 aliphatic heterocycles. The second-order valence-electron chi connectivity index (χ2n) is 6.91. The first-order valence-electron chi connectivity index (χ1n) is 8.40. The van der Waals surface area contributed by atoms with Crippen LogP contribution in [0.2, 0.25) is 0 Å². The number of aliphatic carboxylic acids is 1. The molecule has 122 valence electrons. The fourth-order valence-corrected chi connectivity index (χ4v) is 4.42. The van der Waals surface area contributed by atoms with Crippen molar-refractivity contribution in [1.29, 1.82) is 0 Å². The number of carboxylic acid groups (broad SMARTS) is 1. The summed E-state index contributed by atoms with van der Waals surface area (Å²) in [7, 11) is 1.88. The van der Waals surface area contributed by atoms with Gasteiger partial charge in [0.1, 0.15) is 11.6 Å². The van der Waals surface area contributed by atoms with Crippen LogP contribution in [-0.4, -0.2) is 43.1 Å². The zero-order chi connectivity index (χ0) is 16.0. The smallest absolute Gasteiger partial charge is 0.320 e. The fourth-order valence-electron chi connectivity index (χ4n) is 4.42. The molecule has 3 unspecified atom stereocenters. The number of fused-ring (bicyclic) bond motifs is 2. The fraction of sp³-hybridized carbons (Fsp3) is 0.588. The molecule has 0 radical (unpaired) electrons. The summed E-state index contributed by atoms with van der Waals surface area (Å²) in [4.78, 5) is 13.9. The van der Waals surface area contributed by atoms with E-state index in [0.29, 0.717) is 18.5 Å². The second-order valence-corrected chi connectivity index (χ2v) is 6.91. The molecule has 0 bridgehead atoms. The molecule has 2 aromatic rings. The van der Waals surface area contributed by atoms with Crippen LogP contribution in [0.5, 0.6) is 0 Å². The quantitative estimate of drug-likeness (QED) is 0.940. The third-order valence-electron chi connectivity index (χ3n) is 5.55. The summed E-state index contributed by atoms with van der Waals surface area (Å²) in [6.07, 6.45) is 5.56. The van der Waals surface area contributed by atoms with Crippen LogP contribution in [-0.2, 0) is 18.4 Å². The molecule has 0 spiro atoms. The Kier molecular flexibility index (Phi) is 3.56. The Morgan fingerprint density at radius 2 is 2.17 bits per heavy atom. The van der Waals surface area contributed by atoms with Gasteiger partial charge in [-0.15, -0.1) is 5.10 Å². The molecule has 1 aromatic carbocycles. The Bertz CT molecular complexity index is 741. The SMILES string of the molecule is Cn1nnc2cc(CN3C(C(=O)O)CC4CCCCC43)ccc21. The normalized spacial score (nSPS) is 28.1. The predicted octanol–water partition coefficient (Wildman–Crippen LogP) is 2.19. The molecule has 0 amide bonds. The third-order valence-corrected chi connectivity index (χ3v) is 5.55. The van der Waals surface area contributed by atoms with Crippen molar-refractivity contribution in [2.75, 3.05) is 0 Å². The zero-order valence-corrected chi connectivity index (χ0v) is 13.4. The number of nitrogens with zero attached hydrogens (tertiary/aromatic N) is 4. The lowest BCUT2D eigenvalue weighted by atomic mass is 9.84. The Hall–Kier alpha value is -1.95. The van der Waals surface area contributed by atoms with Gasteiger partial charge in [0.05, 0.1) is 5.52 Å². The molecule has 2 heterocycles. The van der Waals surface area contributed by atoms with Gasteiger partial charge < -0.3 is 5.11 Å². The lowest BCUT2D eigenvalue weighted by Crippen LogP contribution is -2.41. The Balaban J connectivity index is 1.62. The maximum atomic E-state index is 11.7. The number of aryl methyl sites for hydroxylation is 1. The minimum absolute atomic E-state index is 0.347. The number of carbonyl (C=O) groups is 1. The van der Waals surface area contributed by atoms with Crippen LogP contribution in [0.25, 0.3) is 11.0 Å². The molecule has 4 rings (SSSR count). The number of aromatic nitrogens is 3. The molecular weight excluding hydrogens is 292 g/mol. The molecule has 6 nitrogen and oxygen atoms in total. The van der Waals surface area contributed by atoms with Crippen LogP contribution in [0.1, 0.15) is 37.7 Å². The standard InChI is InChI=1S/C17H22N4O2/c1-20-15-7-6-11(8-13(15)18-19-20)10-21-14-5-3-2-4-12(14)9-16(21)17(22)23/h6-8,12,14,16H,2-5,9-10H2,1H3,(H,22,23). The van der Waals surface area contributed by atoms with Gasteiger partial charge in [-0.25, -0.2) is 4.68 Å². The van der Waals surface area contributed by atoms with Crippen LogP contribution in [0.15, 0.2) is 18.2 Å². The van der Waals surface area contributed by atoms with Crippen molar-refractivity contribution in [3.63, 3.8) is 0 Å². The minimum atomic E-state index is -0.681. The minimum Gasteiger partial charge on any atom is -0.480 e. The number of likely N-dealkylation sites (tertiary alicyclic amines) is 1. The summed E-state index contributed by atoms with van der Waals surface area (Å²) in [6, 6.07) is 6.20. The van der Waals surface area contributed by atoms with E-state index in [1.165, 1.54) is 19.3 Å². The summed E-state index contributed by atoms with van der Waals surface area (Å²) in [5.41, 5.74) is 2.99. The molecular formula is C17H22N4O2. The van der Waals surface area contributed by atoms with Crippen molar-refractivity contribution in [2.45, 2.75) is 50.7 Å². The summed E-state index contributed by atoms with van der Waals surface area (Å²) >= 11 is 0. The lowest BCUT2D eigenvalue weighted by molar-refractivity contribution is -0.142. The maximum Gasteiger partial charge on any atom is 0.320 e. The van der Waals surface area contributed by atoms with Gasteiger partial charge in [0.2, 0.25) is 0 Å². The first-order chi connectivity index (χ1) is 11.1. The first kappa shape index (κ1) is 14.6. The molecule has 3 atom stereocenters. The Morgan fingerprint density at radius 1 is 1.35 bits per heavy atom. The number of hydrogen-bond donors (Lipinski definition) is 1. The van der Waals surface area contributed by atoms with Crippen LogP contribution in [0.4, 0.5) is 0 Å². The van der Waals surface area contributed by atoms with Gasteiger partial charge in [0.25, 0.3) is 0 Å². The highest BCUT2D eigenvalue weighted by Gasteiger charge is 2.44. The highest BCUT2D eigenvalue weighted by molar-refractivity contribution is 5.75. The van der Waals surface area contributed by atoms with Gasteiger partial charge in [-0.05, 0) is 42.9 Å². The first-order valence-corrected chi connectivity index (χ1v) is 8.40. The number of rotatable bonds is 3. The topological polar surface area (TPSA) is 71.2 Å². The highest BCUT2D eigenvalue weighted by Crippen LogP contribution is 2.40. The van der Waals surface area contributed by atoms with Crippen LogP contribution in [0.3, 0.4) is 0 Å². The van der Waals surface area contributed by atoms with Crippen molar-refractivity contribution < 1.29 is 9.90 Å². The molecule has 1 N–H and O–H groups in total. The molecule has 2 aliphatic rings. The summed E-state index contributed by atoms with van der Waals surface area (Å²) in [5, 5.41) is 17.8. The van der Waals surface area contributed by atoms with Crippen LogP contribution >= 0.6 is 0 Å². The van der Waals surface area contributed by atoms with E-state index in [1.54, 1.807) is 4.68 Å². The number of carboxylic acids is 1. The third kappa shape index (κ3) is 2.51. The van der Waals surface area contributed by atoms with E-state index in [-0.39, 0.29) is 6.04 Å². The van der Waals surface area contributed by atoms with Gasteiger partial charge >= 0.3 is 5.97 Å². The number of benzene rings is 1. The zero-order valence-electron chi connectivity index (χ0n) is 13.4. The van der Waals surface area contributed by atoms with Gasteiger partial charge in [0.15, 0.2) is 0 Å². The molecule has 6 heteroatoms. The molecule has 23 heavy (non-hydrogen) atoms.